The Morgan fingerprint density at radius 1 is 1.24 bits per heavy atom. The Hall–Kier alpha value is -1.14. The highest BCUT2D eigenvalue weighted by Gasteiger charge is 2.36. The number of aromatic nitrogens is 1. The van der Waals surface area contributed by atoms with Gasteiger partial charge in [0, 0.05) is 23.4 Å². The van der Waals surface area contributed by atoms with Crippen LogP contribution in [-0.2, 0) is 11.2 Å². The molecule has 3 N–H and O–H groups in total. The molecule has 0 unspecified atom stereocenters. The Balaban J connectivity index is 0.00000156. The minimum absolute atomic E-state index is 0. The second kappa shape index (κ2) is 9.53. The van der Waals surface area contributed by atoms with E-state index in [-0.39, 0.29) is 30.7 Å². The molecule has 1 aliphatic rings. The van der Waals surface area contributed by atoms with Gasteiger partial charge in [0.05, 0.1) is 16.2 Å². The van der Waals surface area contributed by atoms with Crippen LogP contribution in [0.15, 0.2) is 30.3 Å². The number of hydrogen-bond donors (Lipinski definition) is 2. The fourth-order valence-electron chi connectivity index (χ4n) is 3.11. The van der Waals surface area contributed by atoms with Gasteiger partial charge in [-0.3, -0.25) is 4.79 Å². The second-order valence-electron chi connectivity index (χ2n) is 6.25. The molecule has 1 saturated carbocycles. The van der Waals surface area contributed by atoms with Crippen molar-refractivity contribution < 1.29 is 4.79 Å². The summed E-state index contributed by atoms with van der Waals surface area (Å²) in [5.41, 5.74) is 7.70. The molecule has 1 heterocycles. The molecular weight excluding hydrogens is 377 g/mol. The number of nitrogens with zero attached hydrogens (tertiary/aromatic N) is 1. The molecular formula is C18H25Cl2N3OS. The number of thiazole rings is 1. The van der Waals surface area contributed by atoms with Gasteiger partial charge in [0.25, 0.3) is 0 Å². The first kappa shape index (κ1) is 21.9. The first-order valence-electron chi connectivity index (χ1n) is 8.17. The van der Waals surface area contributed by atoms with E-state index in [1.165, 1.54) is 4.88 Å². The number of hydrogen-bond acceptors (Lipinski definition) is 4. The van der Waals surface area contributed by atoms with E-state index in [2.05, 4.69) is 24.4 Å². The third kappa shape index (κ3) is 5.17. The SMILES string of the molecule is Cc1sc(CCNC(=O)C2(N)CCCC2)nc1-c1ccccc1.Cl.Cl. The summed E-state index contributed by atoms with van der Waals surface area (Å²) in [7, 11) is 0. The summed E-state index contributed by atoms with van der Waals surface area (Å²) >= 11 is 1.70. The van der Waals surface area contributed by atoms with Crippen molar-refractivity contribution in [3.05, 3.63) is 40.2 Å². The van der Waals surface area contributed by atoms with Crippen LogP contribution in [0.4, 0.5) is 0 Å². The lowest BCUT2D eigenvalue weighted by atomic mass is 9.98. The first-order chi connectivity index (χ1) is 11.1. The second-order valence-corrected chi connectivity index (χ2v) is 7.54. The lowest BCUT2D eigenvalue weighted by Crippen LogP contribution is -2.52. The Morgan fingerprint density at radius 2 is 1.88 bits per heavy atom. The van der Waals surface area contributed by atoms with Crippen molar-refractivity contribution in [2.24, 2.45) is 5.73 Å². The van der Waals surface area contributed by atoms with E-state index in [1.807, 2.05) is 18.2 Å². The van der Waals surface area contributed by atoms with Crippen LogP contribution in [0.5, 0.6) is 0 Å². The topological polar surface area (TPSA) is 68.0 Å². The molecule has 1 aromatic carbocycles. The number of rotatable bonds is 5. The summed E-state index contributed by atoms with van der Waals surface area (Å²) < 4.78 is 0. The van der Waals surface area contributed by atoms with Crippen molar-refractivity contribution in [2.45, 2.75) is 44.6 Å². The van der Waals surface area contributed by atoms with Gasteiger partial charge in [-0.15, -0.1) is 36.2 Å². The molecule has 7 heteroatoms. The lowest BCUT2D eigenvalue weighted by molar-refractivity contribution is -0.126. The van der Waals surface area contributed by atoms with E-state index in [1.54, 1.807) is 11.3 Å². The van der Waals surface area contributed by atoms with E-state index < -0.39 is 5.54 Å². The molecule has 4 nitrogen and oxygen atoms in total. The van der Waals surface area contributed by atoms with Gasteiger partial charge >= 0.3 is 0 Å². The number of aryl methyl sites for hydroxylation is 1. The van der Waals surface area contributed by atoms with Gasteiger partial charge in [0.1, 0.15) is 0 Å². The monoisotopic (exact) mass is 401 g/mol. The minimum Gasteiger partial charge on any atom is -0.354 e. The fraction of sp³-hybridized carbons (Fsp3) is 0.444. The number of benzene rings is 1. The summed E-state index contributed by atoms with van der Waals surface area (Å²) in [5.74, 6) is -0.00781. The summed E-state index contributed by atoms with van der Waals surface area (Å²) in [6.45, 7) is 2.69. The van der Waals surface area contributed by atoms with E-state index in [0.29, 0.717) is 6.54 Å². The number of nitrogens with two attached hydrogens (primary N) is 1. The van der Waals surface area contributed by atoms with Crippen LogP contribution in [0.1, 0.15) is 35.6 Å². The molecule has 138 valence electrons. The molecule has 1 aliphatic carbocycles. The van der Waals surface area contributed by atoms with Gasteiger partial charge in [0.15, 0.2) is 0 Å². The van der Waals surface area contributed by atoms with Gasteiger partial charge in [-0.25, -0.2) is 4.98 Å². The number of carbonyl (C=O) groups excluding carboxylic acids is 1. The standard InChI is InChI=1S/C18H23N3OS.2ClH/c1-13-16(14-7-3-2-4-8-14)21-15(23-13)9-12-20-17(22)18(19)10-5-6-11-18;;/h2-4,7-8H,5-6,9-12,19H2,1H3,(H,20,22);2*1H. The van der Waals surface area contributed by atoms with Crippen LogP contribution in [0.25, 0.3) is 11.3 Å². The number of carbonyl (C=O) groups is 1. The molecule has 1 amide bonds. The number of halogens is 2. The predicted octanol–water partition coefficient (Wildman–Crippen LogP) is 3.89. The molecule has 0 spiro atoms. The molecule has 1 fully saturated rings. The van der Waals surface area contributed by atoms with Crippen LogP contribution in [-0.4, -0.2) is 23.0 Å². The Bertz CT molecular complexity index is 685. The molecule has 1 aromatic heterocycles. The zero-order valence-electron chi connectivity index (χ0n) is 14.3. The normalized spacial score (nSPS) is 15.1. The van der Waals surface area contributed by atoms with E-state index in [9.17, 15) is 4.79 Å². The smallest absolute Gasteiger partial charge is 0.240 e. The van der Waals surface area contributed by atoms with Crippen LogP contribution >= 0.6 is 36.2 Å². The van der Waals surface area contributed by atoms with Crippen LogP contribution in [0.3, 0.4) is 0 Å². The quantitative estimate of drug-likeness (QED) is 0.797. The van der Waals surface area contributed by atoms with Crippen molar-refractivity contribution in [3.8, 4) is 11.3 Å². The van der Waals surface area contributed by atoms with Gasteiger partial charge in [-0.05, 0) is 19.8 Å². The van der Waals surface area contributed by atoms with Gasteiger partial charge in [0.2, 0.25) is 5.91 Å². The highest BCUT2D eigenvalue weighted by atomic mass is 35.5. The third-order valence-corrected chi connectivity index (χ3v) is 5.49. The van der Waals surface area contributed by atoms with Gasteiger partial charge in [-0.2, -0.15) is 0 Å². The zero-order chi connectivity index (χ0) is 16.3. The maximum atomic E-state index is 12.2. The largest absolute Gasteiger partial charge is 0.354 e. The maximum absolute atomic E-state index is 12.2. The molecule has 0 aliphatic heterocycles. The maximum Gasteiger partial charge on any atom is 0.240 e. The summed E-state index contributed by atoms with van der Waals surface area (Å²) in [6.07, 6.45) is 4.45. The van der Waals surface area contributed by atoms with Crippen LogP contribution < -0.4 is 11.1 Å². The number of nitrogens with one attached hydrogen (secondary N) is 1. The Labute approximate surface area is 165 Å². The molecule has 2 aromatic rings. The molecule has 0 bridgehead atoms. The van der Waals surface area contributed by atoms with Crippen molar-refractivity contribution in [1.29, 1.82) is 0 Å². The van der Waals surface area contributed by atoms with Crippen molar-refractivity contribution in [3.63, 3.8) is 0 Å². The molecule has 0 saturated heterocycles. The van der Waals surface area contributed by atoms with Crippen molar-refractivity contribution >= 4 is 42.1 Å². The van der Waals surface area contributed by atoms with Crippen molar-refractivity contribution in [2.75, 3.05) is 6.54 Å². The van der Waals surface area contributed by atoms with Crippen LogP contribution in [0.2, 0.25) is 0 Å². The third-order valence-electron chi connectivity index (χ3n) is 4.46. The summed E-state index contributed by atoms with van der Waals surface area (Å²) in [5, 5.41) is 4.04. The molecule has 3 rings (SSSR count). The molecule has 25 heavy (non-hydrogen) atoms. The Kier molecular flexibility index (Phi) is 8.35. The molecule has 0 radical (unpaired) electrons. The first-order valence-corrected chi connectivity index (χ1v) is 8.99. The average molecular weight is 402 g/mol. The summed E-state index contributed by atoms with van der Waals surface area (Å²) in [4.78, 5) is 18.1. The van der Waals surface area contributed by atoms with Gasteiger partial charge < -0.3 is 11.1 Å². The molecule has 0 atom stereocenters. The van der Waals surface area contributed by atoms with E-state index in [0.717, 1.165) is 48.4 Å². The highest BCUT2D eigenvalue weighted by molar-refractivity contribution is 7.12. The fourth-order valence-corrected chi connectivity index (χ4v) is 4.07. The minimum atomic E-state index is -0.645. The summed E-state index contributed by atoms with van der Waals surface area (Å²) in [6, 6.07) is 10.2. The predicted molar refractivity (Wildman–Crippen MR) is 109 cm³/mol. The average Bonchev–Trinajstić information content (AvgIpc) is 3.15. The lowest BCUT2D eigenvalue weighted by Gasteiger charge is -2.21. The zero-order valence-corrected chi connectivity index (χ0v) is 16.7. The van der Waals surface area contributed by atoms with Gasteiger partial charge in [-0.1, -0.05) is 43.2 Å². The highest BCUT2D eigenvalue weighted by Crippen LogP contribution is 2.28. The van der Waals surface area contributed by atoms with Crippen molar-refractivity contribution in [1.82, 2.24) is 10.3 Å². The number of amides is 1. The van der Waals surface area contributed by atoms with Crippen LogP contribution in [0, 0.1) is 6.92 Å². The Morgan fingerprint density at radius 3 is 2.52 bits per heavy atom. The van der Waals surface area contributed by atoms with E-state index >= 15 is 0 Å². The van der Waals surface area contributed by atoms with E-state index in [4.69, 9.17) is 10.7 Å².